The van der Waals surface area contributed by atoms with Gasteiger partial charge in [0, 0.05) is 16.8 Å². The van der Waals surface area contributed by atoms with Gasteiger partial charge in [-0.1, -0.05) is 11.3 Å². The molecule has 1 amide bonds. The summed E-state index contributed by atoms with van der Waals surface area (Å²) in [6.07, 6.45) is 0.0126. The molecular formula is C15H14N2O4S3. The highest BCUT2D eigenvalue weighted by atomic mass is 32.2. The van der Waals surface area contributed by atoms with Gasteiger partial charge in [-0.3, -0.25) is 9.59 Å². The third kappa shape index (κ3) is 3.28. The molecular weight excluding hydrogens is 368 g/mol. The Morgan fingerprint density at radius 3 is 2.62 bits per heavy atom. The van der Waals surface area contributed by atoms with E-state index in [1.165, 1.54) is 28.0 Å². The number of fused-ring (bicyclic) bond motifs is 1. The average Bonchev–Trinajstić information content (AvgIpc) is 3.02. The number of sulfonamides is 1. The predicted octanol–water partition coefficient (Wildman–Crippen LogP) is 2.02. The first-order chi connectivity index (χ1) is 11.3. The van der Waals surface area contributed by atoms with E-state index in [0.29, 0.717) is 10.2 Å². The molecule has 3 aromatic rings. The normalized spacial score (nSPS) is 11.8. The Labute approximate surface area is 146 Å². The Balaban J connectivity index is 1.84. The lowest BCUT2D eigenvalue weighted by atomic mass is 10.3. The summed E-state index contributed by atoms with van der Waals surface area (Å²) in [5, 5.41) is 0. The van der Waals surface area contributed by atoms with Gasteiger partial charge in [-0.15, -0.1) is 11.3 Å². The second-order valence-corrected chi connectivity index (χ2v) is 9.32. The van der Waals surface area contributed by atoms with Gasteiger partial charge in [-0.05, 0) is 37.3 Å². The lowest BCUT2D eigenvalue weighted by molar-refractivity contribution is -0.118. The van der Waals surface area contributed by atoms with Crippen LogP contribution in [0.2, 0.25) is 0 Å². The standard InChI is InChI=1S/C15H14N2O4S3/c1-9-3-4-10(22-9)7-14(18)16-24(20,21)11-5-6-12-13(8-11)23-15(19)17(12)2/h3-6,8H,7H2,1-2H3,(H,16,18). The second-order valence-electron chi connectivity index (χ2n) is 5.27. The Kier molecular flexibility index (Phi) is 4.33. The zero-order valence-corrected chi connectivity index (χ0v) is 15.3. The van der Waals surface area contributed by atoms with Crippen molar-refractivity contribution in [1.29, 1.82) is 0 Å². The van der Waals surface area contributed by atoms with Gasteiger partial charge in [0.15, 0.2) is 0 Å². The molecule has 0 saturated heterocycles. The molecule has 0 aliphatic rings. The average molecular weight is 382 g/mol. The van der Waals surface area contributed by atoms with E-state index < -0.39 is 15.9 Å². The molecule has 0 atom stereocenters. The first-order valence-corrected chi connectivity index (χ1v) is 10.1. The maximum atomic E-state index is 12.4. The molecule has 0 saturated carbocycles. The maximum absolute atomic E-state index is 12.4. The zero-order chi connectivity index (χ0) is 17.5. The van der Waals surface area contributed by atoms with Crippen molar-refractivity contribution in [3.63, 3.8) is 0 Å². The van der Waals surface area contributed by atoms with E-state index in [1.807, 2.05) is 13.0 Å². The van der Waals surface area contributed by atoms with E-state index in [4.69, 9.17) is 0 Å². The van der Waals surface area contributed by atoms with Crippen molar-refractivity contribution in [3.05, 3.63) is 49.8 Å². The van der Waals surface area contributed by atoms with Crippen LogP contribution < -0.4 is 9.60 Å². The highest BCUT2D eigenvalue weighted by Crippen LogP contribution is 2.21. The van der Waals surface area contributed by atoms with Gasteiger partial charge in [-0.25, -0.2) is 13.1 Å². The van der Waals surface area contributed by atoms with E-state index >= 15 is 0 Å². The molecule has 9 heteroatoms. The summed E-state index contributed by atoms with van der Waals surface area (Å²) >= 11 is 2.42. The van der Waals surface area contributed by atoms with Crippen molar-refractivity contribution in [2.45, 2.75) is 18.2 Å². The summed E-state index contributed by atoms with van der Waals surface area (Å²) in [7, 11) is -2.34. The number of benzene rings is 1. The summed E-state index contributed by atoms with van der Waals surface area (Å²) in [5.41, 5.74) is 0.657. The first kappa shape index (κ1) is 16.9. The fraction of sp³-hybridized carbons (Fsp3) is 0.200. The Bertz CT molecular complexity index is 1090. The number of carbonyl (C=O) groups is 1. The molecule has 2 heterocycles. The third-order valence-corrected chi connectivity index (χ3v) is 6.82. The molecule has 0 spiro atoms. The number of hydrogen-bond acceptors (Lipinski definition) is 6. The number of thiophene rings is 1. The molecule has 3 rings (SSSR count). The number of thiazole rings is 1. The molecule has 2 aromatic heterocycles. The van der Waals surface area contributed by atoms with Crippen LogP contribution in [0, 0.1) is 6.92 Å². The van der Waals surface area contributed by atoms with E-state index in [0.717, 1.165) is 21.1 Å². The largest absolute Gasteiger partial charge is 0.307 e. The number of nitrogens with one attached hydrogen (secondary N) is 1. The number of nitrogens with zero attached hydrogens (tertiary/aromatic N) is 1. The molecule has 0 aliphatic heterocycles. The van der Waals surface area contributed by atoms with Crippen molar-refractivity contribution in [1.82, 2.24) is 9.29 Å². The van der Waals surface area contributed by atoms with Gasteiger partial charge in [0.25, 0.3) is 10.0 Å². The van der Waals surface area contributed by atoms with E-state index in [9.17, 15) is 18.0 Å². The van der Waals surface area contributed by atoms with Gasteiger partial charge in [0.2, 0.25) is 5.91 Å². The molecule has 24 heavy (non-hydrogen) atoms. The summed E-state index contributed by atoms with van der Waals surface area (Å²) in [6, 6.07) is 8.05. The number of amides is 1. The maximum Gasteiger partial charge on any atom is 0.307 e. The topological polar surface area (TPSA) is 85.2 Å². The van der Waals surface area contributed by atoms with E-state index in [2.05, 4.69) is 4.72 Å². The quantitative estimate of drug-likeness (QED) is 0.748. The molecule has 1 N–H and O–H groups in total. The summed E-state index contributed by atoms with van der Waals surface area (Å²) in [6.45, 7) is 1.92. The number of aryl methyl sites for hydroxylation is 2. The summed E-state index contributed by atoms with van der Waals surface area (Å²) in [4.78, 5) is 25.3. The van der Waals surface area contributed by atoms with Crippen LogP contribution >= 0.6 is 22.7 Å². The van der Waals surface area contributed by atoms with Gasteiger partial charge in [0.05, 0.1) is 21.5 Å². The van der Waals surface area contributed by atoms with Crippen LogP contribution in [-0.2, 0) is 28.3 Å². The molecule has 0 radical (unpaired) electrons. The van der Waals surface area contributed by atoms with Gasteiger partial charge >= 0.3 is 4.87 Å². The highest BCUT2D eigenvalue weighted by Gasteiger charge is 2.19. The van der Waals surface area contributed by atoms with Crippen molar-refractivity contribution in [2.24, 2.45) is 7.05 Å². The fourth-order valence-corrected chi connectivity index (χ4v) is 5.16. The summed E-state index contributed by atoms with van der Waals surface area (Å²) < 4.78 is 28.8. The third-order valence-electron chi connectivity index (χ3n) is 3.45. The van der Waals surface area contributed by atoms with Crippen molar-refractivity contribution < 1.29 is 13.2 Å². The smallest absolute Gasteiger partial charge is 0.302 e. The minimum absolute atomic E-state index is 0.0126. The molecule has 0 unspecified atom stereocenters. The number of rotatable bonds is 4. The number of hydrogen-bond donors (Lipinski definition) is 1. The van der Waals surface area contributed by atoms with E-state index in [-0.39, 0.29) is 16.2 Å². The molecule has 6 nitrogen and oxygen atoms in total. The molecule has 126 valence electrons. The van der Waals surface area contributed by atoms with Crippen molar-refractivity contribution in [2.75, 3.05) is 0 Å². The Hall–Kier alpha value is -1.97. The number of carbonyl (C=O) groups excluding carboxylic acids is 1. The van der Waals surface area contributed by atoms with Gasteiger partial charge < -0.3 is 4.57 Å². The molecule has 1 aromatic carbocycles. The van der Waals surface area contributed by atoms with Gasteiger partial charge in [0.1, 0.15) is 0 Å². The van der Waals surface area contributed by atoms with Crippen LogP contribution in [0.1, 0.15) is 9.75 Å². The highest BCUT2D eigenvalue weighted by molar-refractivity contribution is 7.90. The molecule has 0 aliphatic carbocycles. The van der Waals surface area contributed by atoms with Crippen LogP contribution in [0.15, 0.2) is 40.0 Å². The number of aromatic nitrogens is 1. The lowest BCUT2D eigenvalue weighted by Gasteiger charge is -2.06. The van der Waals surface area contributed by atoms with Crippen LogP contribution in [0.3, 0.4) is 0 Å². The summed E-state index contributed by atoms with van der Waals surface area (Å²) in [5.74, 6) is -0.585. The first-order valence-electron chi connectivity index (χ1n) is 6.97. The SMILES string of the molecule is Cc1ccc(CC(=O)NS(=O)(=O)c2ccc3c(c2)sc(=O)n3C)s1. The van der Waals surface area contributed by atoms with Crippen LogP contribution in [0.4, 0.5) is 0 Å². The molecule has 0 bridgehead atoms. The van der Waals surface area contributed by atoms with Crippen LogP contribution in [0.5, 0.6) is 0 Å². The van der Waals surface area contributed by atoms with Crippen LogP contribution in [0.25, 0.3) is 10.2 Å². The van der Waals surface area contributed by atoms with Crippen LogP contribution in [-0.4, -0.2) is 18.9 Å². The second kappa shape index (κ2) is 6.15. The lowest BCUT2D eigenvalue weighted by Crippen LogP contribution is -2.31. The van der Waals surface area contributed by atoms with Crippen molar-refractivity contribution in [3.8, 4) is 0 Å². The predicted molar refractivity (Wildman–Crippen MR) is 95.2 cm³/mol. The van der Waals surface area contributed by atoms with Gasteiger partial charge in [-0.2, -0.15) is 0 Å². The van der Waals surface area contributed by atoms with Crippen molar-refractivity contribution >= 4 is 48.8 Å². The molecule has 0 fully saturated rings. The van der Waals surface area contributed by atoms with E-state index in [1.54, 1.807) is 19.2 Å². The minimum atomic E-state index is -3.97. The zero-order valence-electron chi connectivity index (χ0n) is 12.9. The Morgan fingerprint density at radius 2 is 1.96 bits per heavy atom. The Morgan fingerprint density at radius 1 is 1.21 bits per heavy atom. The monoisotopic (exact) mass is 382 g/mol. The minimum Gasteiger partial charge on any atom is -0.302 e. The fourth-order valence-electron chi connectivity index (χ4n) is 2.26.